The van der Waals surface area contributed by atoms with Gasteiger partial charge in [0.15, 0.2) is 11.5 Å². The Bertz CT molecular complexity index is 617. The van der Waals surface area contributed by atoms with Gasteiger partial charge in [-0.05, 0) is 12.8 Å². The molecular formula is C12H14F3N5. The standard InChI is InChI=1S/C12H14F3N5/c1-16-9-6-19-5-4-17-10(19)11(18-9)20(8-2-3-8)7-12(13,14)15/h4-6,8,16H,2-3,7H2,1H3. The van der Waals surface area contributed by atoms with E-state index >= 15 is 0 Å². The zero-order valence-corrected chi connectivity index (χ0v) is 10.9. The summed E-state index contributed by atoms with van der Waals surface area (Å²) < 4.78 is 40.0. The van der Waals surface area contributed by atoms with Gasteiger partial charge in [0.1, 0.15) is 12.4 Å². The van der Waals surface area contributed by atoms with Gasteiger partial charge in [-0.2, -0.15) is 13.2 Å². The average molecular weight is 285 g/mol. The lowest BCUT2D eigenvalue weighted by molar-refractivity contribution is -0.120. The molecule has 108 valence electrons. The molecular weight excluding hydrogens is 271 g/mol. The number of halogens is 3. The van der Waals surface area contributed by atoms with Crippen LogP contribution in [-0.4, -0.2) is 40.2 Å². The first-order valence-corrected chi connectivity index (χ1v) is 6.33. The fourth-order valence-corrected chi connectivity index (χ4v) is 2.18. The second-order valence-corrected chi connectivity index (χ2v) is 4.83. The van der Waals surface area contributed by atoms with Gasteiger partial charge in [0.25, 0.3) is 0 Å². The minimum absolute atomic E-state index is 0.100. The minimum Gasteiger partial charge on any atom is -0.372 e. The molecule has 0 amide bonds. The highest BCUT2D eigenvalue weighted by molar-refractivity contribution is 5.67. The third-order valence-electron chi connectivity index (χ3n) is 3.22. The lowest BCUT2D eigenvalue weighted by atomic mass is 10.4. The summed E-state index contributed by atoms with van der Waals surface area (Å²) in [5.74, 6) is 0.792. The first-order chi connectivity index (χ1) is 9.48. The largest absolute Gasteiger partial charge is 0.405 e. The van der Waals surface area contributed by atoms with Gasteiger partial charge in [-0.3, -0.25) is 0 Å². The van der Waals surface area contributed by atoms with Crippen LogP contribution in [0.4, 0.5) is 24.8 Å². The molecule has 2 aromatic rings. The Kier molecular flexibility index (Phi) is 2.95. The lowest BCUT2D eigenvalue weighted by Crippen LogP contribution is -2.37. The van der Waals surface area contributed by atoms with Crippen LogP contribution >= 0.6 is 0 Å². The van der Waals surface area contributed by atoms with Crippen molar-refractivity contribution in [2.24, 2.45) is 0 Å². The number of aromatic nitrogens is 3. The number of rotatable bonds is 4. The maximum atomic E-state index is 12.8. The molecule has 2 heterocycles. The maximum absolute atomic E-state index is 12.8. The summed E-state index contributed by atoms with van der Waals surface area (Å²) in [6.07, 6.45) is 2.20. The average Bonchev–Trinajstić information content (AvgIpc) is 3.11. The molecule has 1 fully saturated rings. The summed E-state index contributed by atoms with van der Waals surface area (Å²) in [7, 11) is 1.68. The highest BCUT2D eigenvalue weighted by atomic mass is 19.4. The summed E-state index contributed by atoms with van der Waals surface area (Å²) >= 11 is 0. The number of fused-ring (bicyclic) bond motifs is 1. The Morgan fingerprint density at radius 3 is 2.80 bits per heavy atom. The Balaban J connectivity index is 2.07. The van der Waals surface area contributed by atoms with Gasteiger partial charge in [0.05, 0.1) is 6.20 Å². The quantitative estimate of drug-likeness (QED) is 0.936. The van der Waals surface area contributed by atoms with E-state index in [9.17, 15) is 13.2 Å². The van der Waals surface area contributed by atoms with E-state index in [1.54, 1.807) is 30.0 Å². The number of imidazole rings is 1. The Hall–Kier alpha value is -1.99. The summed E-state index contributed by atoms with van der Waals surface area (Å²) in [6, 6.07) is -0.100. The number of hydrogen-bond donors (Lipinski definition) is 1. The van der Waals surface area contributed by atoms with Crippen molar-refractivity contribution in [1.29, 1.82) is 0 Å². The van der Waals surface area contributed by atoms with E-state index in [2.05, 4.69) is 15.3 Å². The third kappa shape index (κ3) is 2.50. The molecule has 0 bridgehead atoms. The van der Waals surface area contributed by atoms with Crippen molar-refractivity contribution in [3.63, 3.8) is 0 Å². The topological polar surface area (TPSA) is 45.5 Å². The summed E-state index contributed by atoms with van der Waals surface area (Å²) in [6.45, 7) is -1.000. The van der Waals surface area contributed by atoms with Gasteiger partial charge in [0.2, 0.25) is 0 Å². The van der Waals surface area contributed by atoms with E-state index in [0.29, 0.717) is 11.5 Å². The molecule has 0 unspecified atom stereocenters. The van der Waals surface area contributed by atoms with Crippen LogP contribution in [0.5, 0.6) is 0 Å². The van der Waals surface area contributed by atoms with E-state index < -0.39 is 12.7 Å². The number of hydrogen-bond acceptors (Lipinski definition) is 4. The van der Waals surface area contributed by atoms with Gasteiger partial charge < -0.3 is 14.6 Å². The van der Waals surface area contributed by atoms with Crippen molar-refractivity contribution in [3.05, 3.63) is 18.6 Å². The van der Waals surface area contributed by atoms with Crippen LogP contribution in [-0.2, 0) is 0 Å². The molecule has 0 saturated heterocycles. The molecule has 3 rings (SSSR count). The third-order valence-corrected chi connectivity index (χ3v) is 3.22. The number of alkyl halides is 3. The van der Waals surface area contributed by atoms with Crippen molar-refractivity contribution >= 4 is 17.3 Å². The predicted molar refractivity (Wildman–Crippen MR) is 69.0 cm³/mol. The lowest BCUT2D eigenvalue weighted by Gasteiger charge is -2.25. The normalized spacial score (nSPS) is 15.6. The maximum Gasteiger partial charge on any atom is 0.405 e. The first kappa shape index (κ1) is 13.0. The van der Waals surface area contributed by atoms with Gasteiger partial charge in [-0.15, -0.1) is 0 Å². The van der Waals surface area contributed by atoms with Crippen LogP contribution in [0.25, 0.3) is 5.65 Å². The fraction of sp³-hybridized carbons (Fsp3) is 0.500. The highest BCUT2D eigenvalue weighted by Crippen LogP contribution is 2.35. The summed E-state index contributed by atoms with van der Waals surface area (Å²) in [4.78, 5) is 9.70. The molecule has 2 aromatic heterocycles. The molecule has 0 spiro atoms. The smallest absolute Gasteiger partial charge is 0.372 e. The van der Waals surface area contributed by atoms with Crippen LogP contribution in [0.15, 0.2) is 18.6 Å². The highest BCUT2D eigenvalue weighted by Gasteiger charge is 2.39. The van der Waals surface area contributed by atoms with Crippen LogP contribution in [0.1, 0.15) is 12.8 Å². The Morgan fingerprint density at radius 1 is 1.45 bits per heavy atom. The number of anilines is 2. The van der Waals surface area contributed by atoms with E-state index in [0.717, 1.165) is 12.8 Å². The van der Waals surface area contributed by atoms with Crippen LogP contribution < -0.4 is 10.2 Å². The van der Waals surface area contributed by atoms with Gasteiger partial charge in [0, 0.05) is 25.5 Å². The molecule has 0 aromatic carbocycles. The number of nitrogens with one attached hydrogen (secondary N) is 1. The summed E-state index contributed by atoms with van der Waals surface area (Å²) in [5, 5.41) is 2.86. The van der Waals surface area contributed by atoms with Gasteiger partial charge in [-0.1, -0.05) is 0 Å². The summed E-state index contributed by atoms with van der Waals surface area (Å²) in [5.41, 5.74) is 0.445. The molecule has 1 saturated carbocycles. The molecule has 0 atom stereocenters. The zero-order chi connectivity index (χ0) is 14.3. The second kappa shape index (κ2) is 4.53. The van der Waals surface area contributed by atoms with Crippen molar-refractivity contribution < 1.29 is 13.2 Å². The van der Waals surface area contributed by atoms with Crippen molar-refractivity contribution in [2.45, 2.75) is 25.1 Å². The minimum atomic E-state index is -4.26. The Labute approximate surface area is 113 Å². The molecule has 1 aliphatic rings. The van der Waals surface area contributed by atoms with E-state index in [-0.39, 0.29) is 11.9 Å². The van der Waals surface area contributed by atoms with Gasteiger partial charge >= 0.3 is 6.18 Å². The second-order valence-electron chi connectivity index (χ2n) is 4.83. The van der Waals surface area contributed by atoms with E-state index in [1.165, 1.54) is 4.90 Å². The monoisotopic (exact) mass is 285 g/mol. The molecule has 1 aliphatic carbocycles. The Morgan fingerprint density at radius 2 is 2.20 bits per heavy atom. The van der Waals surface area contributed by atoms with E-state index in [4.69, 9.17) is 0 Å². The van der Waals surface area contributed by atoms with Crippen LogP contribution in [0.2, 0.25) is 0 Å². The molecule has 5 nitrogen and oxygen atoms in total. The molecule has 20 heavy (non-hydrogen) atoms. The van der Waals surface area contributed by atoms with Crippen LogP contribution in [0.3, 0.4) is 0 Å². The first-order valence-electron chi connectivity index (χ1n) is 6.33. The molecule has 8 heteroatoms. The number of nitrogens with zero attached hydrogens (tertiary/aromatic N) is 4. The van der Waals surface area contributed by atoms with Crippen molar-refractivity contribution in [1.82, 2.24) is 14.4 Å². The predicted octanol–water partition coefficient (Wildman–Crippen LogP) is 2.30. The molecule has 0 radical (unpaired) electrons. The molecule has 0 aliphatic heterocycles. The van der Waals surface area contributed by atoms with Crippen molar-refractivity contribution in [3.8, 4) is 0 Å². The zero-order valence-electron chi connectivity index (χ0n) is 10.9. The fourth-order valence-electron chi connectivity index (χ4n) is 2.18. The van der Waals surface area contributed by atoms with Crippen molar-refractivity contribution in [2.75, 3.05) is 23.8 Å². The van der Waals surface area contributed by atoms with Gasteiger partial charge in [-0.25, -0.2) is 9.97 Å². The SMILES string of the molecule is CNc1cn2ccnc2c(N(CC(F)(F)F)C2CC2)n1. The molecule has 1 N–H and O–H groups in total. The van der Waals surface area contributed by atoms with Crippen LogP contribution in [0, 0.1) is 0 Å². The van der Waals surface area contributed by atoms with E-state index in [1.807, 2.05) is 0 Å².